The van der Waals surface area contributed by atoms with Crippen molar-refractivity contribution in [2.45, 2.75) is 52.7 Å². The number of ether oxygens (including phenoxy) is 2. The number of esters is 1. The van der Waals surface area contributed by atoms with Crippen LogP contribution in [0.15, 0.2) is 18.3 Å². The van der Waals surface area contributed by atoms with E-state index in [1.54, 1.807) is 13.1 Å². The quantitative estimate of drug-likeness (QED) is 0.742. The number of pyridine rings is 1. The predicted octanol–water partition coefficient (Wildman–Crippen LogP) is 3.01. The summed E-state index contributed by atoms with van der Waals surface area (Å²) in [6.07, 6.45) is 3.28. The molecule has 0 spiro atoms. The van der Waals surface area contributed by atoms with Crippen molar-refractivity contribution in [3.05, 3.63) is 18.3 Å². The van der Waals surface area contributed by atoms with Crippen LogP contribution in [0.5, 0.6) is 5.88 Å². The molecular formula is C15H24N2O3. The Morgan fingerprint density at radius 3 is 2.75 bits per heavy atom. The number of carbonyl (C=O) groups is 1. The number of hydrogen-bond donors (Lipinski definition) is 1. The number of aromatic nitrogens is 1. The zero-order valence-electron chi connectivity index (χ0n) is 12.7. The minimum atomic E-state index is -0.376. The molecule has 1 aromatic heterocycles. The molecule has 0 radical (unpaired) electrons. The third kappa shape index (κ3) is 5.07. The van der Waals surface area contributed by atoms with Gasteiger partial charge in [0.25, 0.3) is 0 Å². The lowest BCUT2D eigenvalue weighted by Crippen LogP contribution is -2.31. The van der Waals surface area contributed by atoms with E-state index in [4.69, 9.17) is 9.47 Å². The minimum absolute atomic E-state index is 0.0256. The van der Waals surface area contributed by atoms with Crippen LogP contribution in [0.3, 0.4) is 0 Å². The second kappa shape index (κ2) is 8.40. The zero-order chi connectivity index (χ0) is 15.0. The first-order valence-electron chi connectivity index (χ1n) is 7.13. The Balaban J connectivity index is 2.84. The van der Waals surface area contributed by atoms with Crippen LogP contribution in [0.2, 0.25) is 0 Å². The standard InChI is InChI=1S/C15H24N2O3/c1-5-8-13(15(18)19-6-2)17-12-9-7-10-16-14(12)20-11(3)4/h7,9-11,13,17H,5-6,8H2,1-4H3. The number of nitrogens with zero attached hydrogens (tertiary/aromatic N) is 1. The molecule has 5 heteroatoms. The zero-order valence-corrected chi connectivity index (χ0v) is 12.7. The Kier molecular flexibility index (Phi) is 6.84. The number of hydrogen-bond acceptors (Lipinski definition) is 5. The summed E-state index contributed by atoms with van der Waals surface area (Å²) in [6.45, 7) is 8.09. The second-order valence-corrected chi connectivity index (χ2v) is 4.76. The fraction of sp³-hybridized carbons (Fsp3) is 0.600. The van der Waals surface area contributed by atoms with E-state index in [0.29, 0.717) is 24.6 Å². The van der Waals surface area contributed by atoms with Crippen molar-refractivity contribution >= 4 is 11.7 Å². The highest BCUT2D eigenvalue weighted by Gasteiger charge is 2.20. The summed E-state index contributed by atoms with van der Waals surface area (Å²) in [5.74, 6) is 0.265. The van der Waals surface area contributed by atoms with E-state index >= 15 is 0 Å². The number of anilines is 1. The summed E-state index contributed by atoms with van der Waals surface area (Å²) >= 11 is 0. The summed E-state index contributed by atoms with van der Waals surface area (Å²) in [5, 5.41) is 3.18. The van der Waals surface area contributed by atoms with Crippen molar-refractivity contribution in [1.82, 2.24) is 4.98 Å². The van der Waals surface area contributed by atoms with Crippen LogP contribution in [-0.4, -0.2) is 29.7 Å². The molecule has 112 valence electrons. The number of nitrogens with one attached hydrogen (secondary N) is 1. The molecule has 0 aliphatic rings. The molecule has 0 amide bonds. The highest BCUT2D eigenvalue weighted by atomic mass is 16.5. The van der Waals surface area contributed by atoms with Crippen molar-refractivity contribution in [3.63, 3.8) is 0 Å². The normalized spacial score (nSPS) is 12.1. The van der Waals surface area contributed by atoms with E-state index in [2.05, 4.69) is 10.3 Å². The summed E-state index contributed by atoms with van der Waals surface area (Å²) in [5.41, 5.74) is 0.715. The van der Waals surface area contributed by atoms with Gasteiger partial charge in [-0.3, -0.25) is 0 Å². The molecule has 1 aromatic rings. The van der Waals surface area contributed by atoms with E-state index in [-0.39, 0.29) is 18.1 Å². The van der Waals surface area contributed by atoms with Gasteiger partial charge in [-0.2, -0.15) is 0 Å². The van der Waals surface area contributed by atoms with Gasteiger partial charge < -0.3 is 14.8 Å². The maximum absolute atomic E-state index is 11.9. The van der Waals surface area contributed by atoms with Crippen molar-refractivity contribution in [2.75, 3.05) is 11.9 Å². The van der Waals surface area contributed by atoms with Crippen LogP contribution >= 0.6 is 0 Å². The Hall–Kier alpha value is -1.78. The minimum Gasteiger partial charge on any atom is -0.473 e. The van der Waals surface area contributed by atoms with Gasteiger partial charge in [0, 0.05) is 6.20 Å². The molecule has 1 heterocycles. The Bertz CT molecular complexity index is 421. The molecule has 0 saturated carbocycles. The molecule has 0 aliphatic carbocycles. The summed E-state index contributed by atoms with van der Waals surface area (Å²) in [4.78, 5) is 16.1. The number of carbonyl (C=O) groups excluding carboxylic acids is 1. The van der Waals surface area contributed by atoms with Crippen molar-refractivity contribution in [1.29, 1.82) is 0 Å². The van der Waals surface area contributed by atoms with Gasteiger partial charge in [-0.25, -0.2) is 9.78 Å². The average molecular weight is 280 g/mol. The fourth-order valence-electron chi connectivity index (χ4n) is 1.79. The van der Waals surface area contributed by atoms with Gasteiger partial charge in [-0.15, -0.1) is 0 Å². The smallest absolute Gasteiger partial charge is 0.328 e. The molecule has 0 bridgehead atoms. The predicted molar refractivity (Wildman–Crippen MR) is 79.0 cm³/mol. The molecule has 1 unspecified atom stereocenters. The average Bonchev–Trinajstić information content (AvgIpc) is 2.40. The van der Waals surface area contributed by atoms with Crippen LogP contribution in [0.4, 0.5) is 5.69 Å². The third-order valence-corrected chi connectivity index (χ3v) is 2.60. The molecule has 0 saturated heterocycles. The summed E-state index contributed by atoms with van der Waals surface area (Å²) < 4.78 is 10.7. The van der Waals surface area contributed by atoms with Gasteiger partial charge >= 0.3 is 5.97 Å². The first kappa shape index (κ1) is 16.3. The van der Waals surface area contributed by atoms with Crippen molar-refractivity contribution in [2.24, 2.45) is 0 Å². The molecule has 0 fully saturated rings. The van der Waals surface area contributed by atoms with E-state index in [1.165, 1.54) is 0 Å². The van der Waals surface area contributed by atoms with E-state index in [1.807, 2.05) is 32.9 Å². The lowest BCUT2D eigenvalue weighted by Gasteiger charge is -2.20. The molecule has 1 atom stereocenters. The van der Waals surface area contributed by atoms with Crippen LogP contribution in [-0.2, 0) is 9.53 Å². The van der Waals surface area contributed by atoms with Crippen LogP contribution in [0, 0.1) is 0 Å². The lowest BCUT2D eigenvalue weighted by molar-refractivity contribution is -0.144. The summed E-state index contributed by atoms with van der Waals surface area (Å²) in [7, 11) is 0. The molecule has 0 aromatic carbocycles. The molecule has 5 nitrogen and oxygen atoms in total. The fourth-order valence-corrected chi connectivity index (χ4v) is 1.79. The first-order valence-corrected chi connectivity index (χ1v) is 7.13. The van der Waals surface area contributed by atoms with Crippen LogP contribution in [0.25, 0.3) is 0 Å². The first-order chi connectivity index (χ1) is 9.58. The largest absolute Gasteiger partial charge is 0.473 e. The highest BCUT2D eigenvalue weighted by Crippen LogP contribution is 2.23. The van der Waals surface area contributed by atoms with Crippen LogP contribution in [0.1, 0.15) is 40.5 Å². The maximum atomic E-state index is 11.9. The molecule has 0 aliphatic heterocycles. The van der Waals surface area contributed by atoms with E-state index < -0.39 is 0 Å². The topological polar surface area (TPSA) is 60.5 Å². The van der Waals surface area contributed by atoms with Crippen LogP contribution < -0.4 is 10.1 Å². The maximum Gasteiger partial charge on any atom is 0.328 e. The van der Waals surface area contributed by atoms with Crippen molar-refractivity contribution < 1.29 is 14.3 Å². The highest BCUT2D eigenvalue weighted by molar-refractivity contribution is 5.79. The molecule has 1 N–H and O–H groups in total. The summed E-state index contributed by atoms with van der Waals surface area (Å²) in [6, 6.07) is 3.29. The monoisotopic (exact) mass is 280 g/mol. The Morgan fingerprint density at radius 2 is 2.15 bits per heavy atom. The molecular weight excluding hydrogens is 256 g/mol. The van der Waals surface area contributed by atoms with Gasteiger partial charge in [0.1, 0.15) is 6.04 Å². The Morgan fingerprint density at radius 1 is 1.40 bits per heavy atom. The second-order valence-electron chi connectivity index (χ2n) is 4.76. The molecule has 1 rings (SSSR count). The Labute approximate surface area is 120 Å². The lowest BCUT2D eigenvalue weighted by atomic mass is 10.1. The van der Waals surface area contributed by atoms with Gasteiger partial charge in [0.15, 0.2) is 0 Å². The van der Waals surface area contributed by atoms with Gasteiger partial charge in [0.2, 0.25) is 5.88 Å². The van der Waals surface area contributed by atoms with E-state index in [0.717, 1.165) is 6.42 Å². The van der Waals surface area contributed by atoms with E-state index in [9.17, 15) is 4.79 Å². The molecule has 20 heavy (non-hydrogen) atoms. The van der Waals surface area contributed by atoms with Gasteiger partial charge in [0.05, 0.1) is 18.4 Å². The SMILES string of the molecule is CCCC(Nc1cccnc1OC(C)C)C(=O)OCC. The third-order valence-electron chi connectivity index (χ3n) is 2.60. The van der Waals surface area contributed by atoms with Crippen molar-refractivity contribution in [3.8, 4) is 5.88 Å². The van der Waals surface area contributed by atoms with Gasteiger partial charge in [-0.1, -0.05) is 13.3 Å². The number of rotatable bonds is 8. The van der Waals surface area contributed by atoms with Gasteiger partial charge in [-0.05, 0) is 39.3 Å².